The molecule has 0 radical (unpaired) electrons. The van der Waals surface area contributed by atoms with Gasteiger partial charge in [-0.05, 0) is 36.0 Å². The maximum absolute atomic E-state index is 12.5. The predicted octanol–water partition coefficient (Wildman–Crippen LogP) is 2.74. The molecule has 3 aromatic rings. The highest BCUT2D eigenvalue weighted by Crippen LogP contribution is 2.22. The maximum atomic E-state index is 12.5. The number of fused-ring (bicyclic) bond motifs is 1. The van der Waals surface area contributed by atoms with Gasteiger partial charge in [0.2, 0.25) is 10.0 Å². The predicted molar refractivity (Wildman–Crippen MR) is 95.7 cm³/mol. The molecular formula is C17H16N2O3S2. The summed E-state index contributed by atoms with van der Waals surface area (Å²) >= 11 is 1.14. The molecule has 24 heavy (non-hydrogen) atoms. The van der Waals surface area contributed by atoms with E-state index < -0.39 is 10.0 Å². The van der Waals surface area contributed by atoms with Crippen molar-refractivity contribution >= 4 is 38.0 Å². The van der Waals surface area contributed by atoms with Gasteiger partial charge in [0.15, 0.2) is 0 Å². The van der Waals surface area contributed by atoms with Crippen LogP contribution in [0.1, 0.15) is 15.2 Å². The zero-order valence-corrected chi connectivity index (χ0v) is 14.6. The SMILES string of the molecule is CNS(=O)(=O)c1ccc(CNC(=O)c2cccc3ccccc23)s1. The summed E-state index contributed by atoms with van der Waals surface area (Å²) in [7, 11) is -2.07. The molecule has 0 atom stereocenters. The Morgan fingerprint density at radius 2 is 1.79 bits per heavy atom. The third-order valence-corrected chi connectivity index (χ3v) is 6.62. The van der Waals surface area contributed by atoms with Crippen molar-refractivity contribution in [2.45, 2.75) is 10.8 Å². The Labute approximate surface area is 144 Å². The van der Waals surface area contributed by atoms with E-state index in [1.54, 1.807) is 12.1 Å². The molecule has 3 rings (SSSR count). The number of thiophene rings is 1. The van der Waals surface area contributed by atoms with E-state index in [1.807, 2.05) is 36.4 Å². The van der Waals surface area contributed by atoms with E-state index in [9.17, 15) is 13.2 Å². The molecule has 124 valence electrons. The number of nitrogens with one attached hydrogen (secondary N) is 2. The second-order valence-corrected chi connectivity index (χ2v) is 8.42. The lowest BCUT2D eigenvalue weighted by atomic mass is 10.0. The molecule has 0 unspecified atom stereocenters. The van der Waals surface area contributed by atoms with Crippen LogP contribution in [0, 0.1) is 0 Å². The van der Waals surface area contributed by atoms with Gasteiger partial charge in [-0.3, -0.25) is 4.79 Å². The van der Waals surface area contributed by atoms with E-state index in [0.29, 0.717) is 5.56 Å². The van der Waals surface area contributed by atoms with Gasteiger partial charge < -0.3 is 5.32 Å². The molecular weight excluding hydrogens is 344 g/mol. The van der Waals surface area contributed by atoms with Crippen molar-refractivity contribution in [3.8, 4) is 0 Å². The standard InChI is InChI=1S/C17H16N2O3S2/c1-18-24(21,22)16-10-9-13(23-16)11-19-17(20)15-8-4-6-12-5-2-3-7-14(12)15/h2-10,18H,11H2,1H3,(H,19,20). The lowest BCUT2D eigenvalue weighted by Crippen LogP contribution is -2.22. The fourth-order valence-corrected chi connectivity index (χ4v) is 4.52. The molecule has 0 aliphatic carbocycles. The van der Waals surface area contributed by atoms with Gasteiger partial charge in [0.05, 0.1) is 6.54 Å². The molecule has 0 aliphatic rings. The average Bonchev–Trinajstić information content (AvgIpc) is 3.09. The first-order valence-electron chi connectivity index (χ1n) is 7.29. The minimum absolute atomic E-state index is 0.182. The fraction of sp³-hybridized carbons (Fsp3) is 0.118. The Hall–Kier alpha value is -2.22. The number of rotatable bonds is 5. The summed E-state index contributed by atoms with van der Waals surface area (Å²) in [5.41, 5.74) is 0.604. The van der Waals surface area contributed by atoms with Gasteiger partial charge in [0, 0.05) is 10.4 Å². The van der Waals surface area contributed by atoms with Crippen LogP contribution in [0.3, 0.4) is 0 Å². The normalized spacial score (nSPS) is 11.5. The first-order valence-corrected chi connectivity index (χ1v) is 9.59. The molecule has 1 amide bonds. The fourth-order valence-electron chi connectivity index (χ4n) is 2.38. The van der Waals surface area contributed by atoms with Crippen LogP contribution in [0.2, 0.25) is 0 Å². The van der Waals surface area contributed by atoms with Gasteiger partial charge in [0.1, 0.15) is 4.21 Å². The molecule has 5 nitrogen and oxygen atoms in total. The van der Waals surface area contributed by atoms with Gasteiger partial charge in [-0.2, -0.15) is 0 Å². The average molecular weight is 360 g/mol. The van der Waals surface area contributed by atoms with E-state index in [-0.39, 0.29) is 16.7 Å². The highest BCUT2D eigenvalue weighted by atomic mass is 32.2. The Morgan fingerprint density at radius 1 is 1.04 bits per heavy atom. The van der Waals surface area contributed by atoms with Crippen molar-refractivity contribution in [2.75, 3.05) is 7.05 Å². The van der Waals surface area contributed by atoms with Crippen LogP contribution >= 0.6 is 11.3 Å². The quantitative estimate of drug-likeness (QED) is 0.735. The minimum Gasteiger partial charge on any atom is -0.347 e. The number of hydrogen-bond acceptors (Lipinski definition) is 4. The van der Waals surface area contributed by atoms with E-state index in [0.717, 1.165) is 27.0 Å². The van der Waals surface area contributed by atoms with E-state index in [2.05, 4.69) is 10.0 Å². The van der Waals surface area contributed by atoms with Crippen LogP contribution in [0.25, 0.3) is 10.8 Å². The third-order valence-electron chi connectivity index (χ3n) is 3.63. The number of amides is 1. The smallest absolute Gasteiger partial charge is 0.252 e. The molecule has 0 spiro atoms. The minimum atomic E-state index is -3.44. The molecule has 7 heteroatoms. The van der Waals surface area contributed by atoms with Crippen LogP contribution in [-0.2, 0) is 16.6 Å². The van der Waals surface area contributed by atoms with Crippen LogP contribution in [0.15, 0.2) is 58.8 Å². The van der Waals surface area contributed by atoms with Crippen molar-refractivity contribution in [3.05, 3.63) is 65.0 Å². The molecule has 2 aromatic carbocycles. The van der Waals surface area contributed by atoms with Gasteiger partial charge >= 0.3 is 0 Å². The van der Waals surface area contributed by atoms with Gasteiger partial charge in [-0.1, -0.05) is 36.4 Å². The molecule has 0 bridgehead atoms. The Bertz CT molecular complexity index is 988. The highest BCUT2D eigenvalue weighted by molar-refractivity contribution is 7.91. The van der Waals surface area contributed by atoms with Crippen molar-refractivity contribution < 1.29 is 13.2 Å². The summed E-state index contributed by atoms with van der Waals surface area (Å²) in [6.45, 7) is 0.284. The van der Waals surface area contributed by atoms with Crippen molar-refractivity contribution in [1.29, 1.82) is 0 Å². The summed E-state index contributed by atoms with van der Waals surface area (Å²) in [5, 5.41) is 4.74. The summed E-state index contributed by atoms with van der Waals surface area (Å²) in [6.07, 6.45) is 0. The second kappa shape index (κ2) is 6.72. The lowest BCUT2D eigenvalue weighted by Gasteiger charge is -2.07. The highest BCUT2D eigenvalue weighted by Gasteiger charge is 2.15. The zero-order valence-electron chi connectivity index (χ0n) is 12.9. The first-order chi connectivity index (χ1) is 11.5. The summed E-state index contributed by atoms with van der Waals surface area (Å²) in [5.74, 6) is -0.182. The lowest BCUT2D eigenvalue weighted by molar-refractivity contribution is 0.0953. The van der Waals surface area contributed by atoms with E-state index in [1.165, 1.54) is 13.1 Å². The largest absolute Gasteiger partial charge is 0.347 e. The molecule has 1 heterocycles. The van der Waals surface area contributed by atoms with Crippen LogP contribution < -0.4 is 10.0 Å². The Kier molecular flexibility index (Phi) is 4.66. The zero-order chi connectivity index (χ0) is 17.2. The molecule has 0 aliphatic heterocycles. The van der Waals surface area contributed by atoms with Crippen LogP contribution in [0.4, 0.5) is 0 Å². The van der Waals surface area contributed by atoms with Crippen molar-refractivity contribution in [2.24, 2.45) is 0 Å². The van der Waals surface area contributed by atoms with Gasteiger partial charge in [-0.15, -0.1) is 11.3 Å². The summed E-state index contributed by atoms with van der Waals surface area (Å²) in [6, 6.07) is 16.5. The van der Waals surface area contributed by atoms with Crippen LogP contribution in [-0.4, -0.2) is 21.4 Å². The number of sulfonamides is 1. The summed E-state index contributed by atoms with van der Waals surface area (Å²) < 4.78 is 26.0. The summed E-state index contributed by atoms with van der Waals surface area (Å²) in [4.78, 5) is 13.2. The van der Waals surface area contributed by atoms with Gasteiger partial charge in [0.25, 0.3) is 5.91 Å². The molecule has 0 saturated heterocycles. The number of benzene rings is 2. The Morgan fingerprint density at radius 3 is 2.58 bits per heavy atom. The topological polar surface area (TPSA) is 75.3 Å². The number of hydrogen-bond donors (Lipinski definition) is 2. The number of carbonyl (C=O) groups is 1. The third kappa shape index (κ3) is 3.33. The molecule has 1 aromatic heterocycles. The molecule has 2 N–H and O–H groups in total. The van der Waals surface area contributed by atoms with E-state index >= 15 is 0 Å². The van der Waals surface area contributed by atoms with Crippen LogP contribution in [0.5, 0.6) is 0 Å². The number of carbonyl (C=O) groups excluding carboxylic acids is 1. The van der Waals surface area contributed by atoms with Gasteiger partial charge in [-0.25, -0.2) is 13.1 Å². The van der Waals surface area contributed by atoms with Crippen molar-refractivity contribution in [3.63, 3.8) is 0 Å². The second-order valence-electron chi connectivity index (χ2n) is 5.14. The molecule has 0 fully saturated rings. The monoisotopic (exact) mass is 360 g/mol. The maximum Gasteiger partial charge on any atom is 0.252 e. The van der Waals surface area contributed by atoms with E-state index in [4.69, 9.17) is 0 Å². The first kappa shape index (κ1) is 16.6. The van der Waals surface area contributed by atoms with Crippen molar-refractivity contribution in [1.82, 2.24) is 10.0 Å². The molecule has 0 saturated carbocycles. The Balaban J connectivity index is 1.76.